The second-order valence-corrected chi connectivity index (χ2v) is 10.1. The Morgan fingerprint density at radius 1 is 1.19 bits per heavy atom. The highest BCUT2D eigenvalue weighted by atomic mass is 32.2. The van der Waals surface area contributed by atoms with Crippen molar-refractivity contribution in [3.05, 3.63) is 0 Å². The van der Waals surface area contributed by atoms with E-state index in [-0.39, 0.29) is 18.1 Å². The Bertz CT molecular complexity index is 553. The van der Waals surface area contributed by atoms with Crippen molar-refractivity contribution in [2.75, 3.05) is 44.7 Å². The summed E-state index contributed by atoms with van der Waals surface area (Å²) < 4.78 is 51.4. The summed E-state index contributed by atoms with van der Waals surface area (Å²) in [7, 11) is -4.74. The lowest BCUT2D eigenvalue weighted by molar-refractivity contribution is 0.243. The first-order valence-corrected chi connectivity index (χ1v) is 10.6. The fourth-order valence-corrected chi connectivity index (χ4v) is 6.69. The zero-order valence-electron chi connectivity index (χ0n) is 12.7. The van der Waals surface area contributed by atoms with Gasteiger partial charge in [-0.25, -0.2) is 8.42 Å². The lowest BCUT2D eigenvalue weighted by Crippen LogP contribution is -2.55. The highest BCUT2D eigenvalue weighted by Crippen LogP contribution is 2.24. The standard InChI is InChI=1S/C12H25N3O4S2/c1-11-10-20(16,17)8-7-15(11)21(18,19)14-5-3-12(4-6-14)9-13-2/h11-13H,3-10H2,1-2H3. The van der Waals surface area contributed by atoms with E-state index >= 15 is 0 Å². The van der Waals surface area contributed by atoms with Crippen molar-refractivity contribution in [1.29, 1.82) is 0 Å². The zero-order chi connectivity index (χ0) is 15.7. The number of hydrogen-bond acceptors (Lipinski definition) is 5. The van der Waals surface area contributed by atoms with E-state index in [1.807, 2.05) is 7.05 Å². The number of rotatable bonds is 4. The molecule has 1 atom stereocenters. The first kappa shape index (κ1) is 17.1. The molecule has 2 rings (SSSR count). The van der Waals surface area contributed by atoms with Crippen molar-refractivity contribution in [1.82, 2.24) is 13.9 Å². The second-order valence-electron chi connectivity index (χ2n) is 5.98. The smallest absolute Gasteiger partial charge is 0.282 e. The number of sulfone groups is 1. The molecule has 0 spiro atoms. The van der Waals surface area contributed by atoms with Gasteiger partial charge in [-0.15, -0.1) is 0 Å². The fourth-order valence-electron chi connectivity index (χ4n) is 3.11. The summed E-state index contributed by atoms with van der Waals surface area (Å²) in [6.45, 7) is 3.69. The van der Waals surface area contributed by atoms with Gasteiger partial charge in [0.05, 0.1) is 11.5 Å². The van der Waals surface area contributed by atoms with Crippen molar-refractivity contribution >= 4 is 20.0 Å². The molecule has 0 aromatic heterocycles. The van der Waals surface area contributed by atoms with Crippen molar-refractivity contribution in [2.45, 2.75) is 25.8 Å². The molecule has 21 heavy (non-hydrogen) atoms. The zero-order valence-corrected chi connectivity index (χ0v) is 14.3. The molecule has 2 aliphatic rings. The lowest BCUT2D eigenvalue weighted by atomic mass is 9.98. The third kappa shape index (κ3) is 3.95. The van der Waals surface area contributed by atoms with Gasteiger partial charge in [0.2, 0.25) is 0 Å². The van der Waals surface area contributed by atoms with Crippen molar-refractivity contribution in [3.63, 3.8) is 0 Å². The van der Waals surface area contributed by atoms with E-state index in [1.54, 1.807) is 6.92 Å². The number of piperidine rings is 1. The minimum absolute atomic E-state index is 0.0717. The van der Waals surface area contributed by atoms with Gasteiger partial charge in [-0.2, -0.15) is 17.0 Å². The molecule has 2 fully saturated rings. The molecule has 0 aliphatic carbocycles. The molecule has 2 saturated heterocycles. The number of nitrogens with zero attached hydrogens (tertiary/aromatic N) is 2. The van der Waals surface area contributed by atoms with Crippen LogP contribution in [0.4, 0.5) is 0 Å². The van der Waals surface area contributed by atoms with Crippen LogP contribution in [-0.4, -0.2) is 76.2 Å². The topological polar surface area (TPSA) is 86.8 Å². The summed E-state index contributed by atoms with van der Waals surface area (Å²) in [5.41, 5.74) is 0. The number of nitrogens with one attached hydrogen (secondary N) is 1. The van der Waals surface area contributed by atoms with Crippen LogP contribution in [0.3, 0.4) is 0 Å². The Morgan fingerprint density at radius 2 is 1.81 bits per heavy atom. The van der Waals surface area contributed by atoms with E-state index < -0.39 is 26.1 Å². The maximum atomic E-state index is 12.7. The molecule has 0 aromatic rings. The van der Waals surface area contributed by atoms with Gasteiger partial charge in [-0.3, -0.25) is 0 Å². The molecule has 1 unspecified atom stereocenters. The van der Waals surface area contributed by atoms with Gasteiger partial charge >= 0.3 is 0 Å². The van der Waals surface area contributed by atoms with Crippen LogP contribution in [0.1, 0.15) is 19.8 Å². The highest BCUT2D eigenvalue weighted by Gasteiger charge is 2.39. The van der Waals surface area contributed by atoms with Crippen LogP contribution < -0.4 is 5.32 Å². The summed E-state index contributed by atoms with van der Waals surface area (Å²) in [5.74, 6) is 0.357. The quantitative estimate of drug-likeness (QED) is 0.731. The predicted molar refractivity (Wildman–Crippen MR) is 82.0 cm³/mol. The van der Waals surface area contributed by atoms with Crippen molar-refractivity contribution in [2.24, 2.45) is 5.92 Å². The van der Waals surface area contributed by atoms with Crippen molar-refractivity contribution in [3.8, 4) is 0 Å². The summed E-state index contributed by atoms with van der Waals surface area (Å²) in [4.78, 5) is 0. The Balaban J connectivity index is 2.02. The van der Waals surface area contributed by atoms with Crippen LogP contribution >= 0.6 is 0 Å². The van der Waals surface area contributed by atoms with Gasteiger partial charge in [0.25, 0.3) is 10.2 Å². The van der Waals surface area contributed by atoms with Gasteiger partial charge in [-0.1, -0.05) is 0 Å². The minimum Gasteiger partial charge on any atom is -0.319 e. The first-order chi connectivity index (χ1) is 9.76. The van der Waals surface area contributed by atoms with Crippen LogP contribution in [-0.2, 0) is 20.0 Å². The monoisotopic (exact) mass is 339 g/mol. The highest BCUT2D eigenvalue weighted by molar-refractivity contribution is 7.91. The molecule has 0 radical (unpaired) electrons. The maximum Gasteiger partial charge on any atom is 0.282 e. The average Bonchev–Trinajstić information content (AvgIpc) is 2.38. The summed E-state index contributed by atoms with van der Waals surface area (Å²) >= 11 is 0. The number of hydrogen-bond donors (Lipinski definition) is 1. The van der Waals surface area contributed by atoms with Crippen LogP contribution in [0, 0.1) is 5.92 Å². The van der Waals surface area contributed by atoms with E-state index in [0.29, 0.717) is 19.0 Å². The Kier molecular flexibility index (Phi) is 5.30. The van der Waals surface area contributed by atoms with Crippen LogP contribution in [0.2, 0.25) is 0 Å². The SMILES string of the molecule is CNCC1CCN(S(=O)(=O)N2CCS(=O)(=O)CC2C)CC1. The van der Waals surface area contributed by atoms with Gasteiger partial charge in [0.15, 0.2) is 9.84 Å². The second kappa shape index (κ2) is 6.49. The van der Waals surface area contributed by atoms with E-state index in [9.17, 15) is 16.8 Å². The van der Waals surface area contributed by atoms with E-state index in [4.69, 9.17) is 0 Å². The molecule has 7 nitrogen and oxygen atoms in total. The molecule has 0 saturated carbocycles. The lowest BCUT2D eigenvalue weighted by Gasteiger charge is -2.38. The maximum absolute atomic E-state index is 12.7. The minimum atomic E-state index is -3.54. The normalized spacial score (nSPS) is 29.5. The van der Waals surface area contributed by atoms with Crippen LogP contribution in [0.5, 0.6) is 0 Å². The molecule has 9 heteroatoms. The molecule has 0 bridgehead atoms. The molecule has 0 aromatic carbocycles. The van der Waals surface area contributed by atoms with E-state index in [0.717, 1.165) is 19.4 Å². The molecule has 2 aliphatic heterocycles. The Labute approximate surface area is 127 Å². The molecule has 1 N–H and O–H groups in total. The summed E-state index contributed by atoms with van der Waals surface area (Å²) in [6.07, 6.45) is 1.70. The predicted octanol–water partition coefficient (Wildman–Crippen LogP) is -0.718. The largest absolute Gasteiger partial charge is 0.319 e. The van der Waals surface area contributed by atoms with E-state index in [1.165, 1.54) is 8.61 Å². The third-order valence-corrected chi connectivity index (χ3v) is 8.25. The third-order valence-electron chi connectivity index (χ3n) is 4.30. The Hall–Kier alpha value is -0.220. The van der Waals surface area contributed by atoms with Crippen molar-refractivity contribution < 1.29 is 16.8 Å². The molecule has 2 heterocycles. The fraction of sp³-hybridized carbons (Fsp3) is 1.00. The van der Waals surface area contributed by atoms with E-state index in [2.05, 4.69) is 5.32 Å². The summed E-state index contributed by atoms with van der Waals surface area (Å²) in [5, 5.41) is 3.13. The molecule has 124 valence electrons. The molecular weight excluding hydrogens is 314 g/mol. The average molecular weight is 339 g/mol. The van der Waals surface area contributed by atoms with Gasteiger partial charge in [0.1, 0.15) is 0 Å². The summed E-state index contributed by atoms with van der Waals surface area (Å²) in [6, 6.07) is -0.483. The van der Waals surface area contributed by atoms with Crippen LogP contribution in [0.25, 0.3) is 0 Å². The molecule has 0 amide bonds. The van der Waals surface area contributed by atoms with Gasteiger partial charge in [-0.05, 0) is 39.3 Å². The van der Waals surface area contributed by atoms with Gasteiger partial charge < -0.3 is 5.32 Å². The Morgan fingerprint density at radius 3 is 2.33 bits per heavy atom. The first-order valence-electron chi connectivity index (χ1n) is 7.38. The van der Waals surface area contributed by atoms with Gasteiger partial charge in [0, 0.05) is 25.7 Å². The van der Waals surface area contributed by atoms with Crippen LogP contribution in [0.15, 0.2) is 0 Å². The molecular formula is C12H25N3O4S2.